The van der Waals surface area contributed by atoms with Crippen LogP contribution in [0.5, 0.6) is 0 Å². The lowest BCUT2D eigenvalue weighted by atomic mass is 10.1. The first-order chi connectivity index (χ1) is 11.8. The van der Waals surface area contributed by atoms with Crippen molar-refractivity contribution in [1.82, 2.24) is 9.78 Å². The fourth-order valence-electron chi connectivity index (χ4n) is 2.31. The van der Waals surface area contributed by atoms with Gasteiger partial charge in [0.2, 0.25) is 0 Å². The van der Waals surface area contributed by atoms with Gasteiger partial charge in [0.25, 0.3) is 5.56 Å². The first-order valence-electron chi connectivity index (χ1n) is 7.33. The Kier molecular flexibility index (Phi) is 4.39. The van der Waals surface area contributed by atoms with E-state index >= 15 is 0 Å². The van der Waals surface area contributed by atoms with Crippen molar-refractivity contribution in [2.45, 2.75) is 12.7 Å². The molecule has 0 spiro atoms. The van der Waals surface area contributed by atoms with Gasteiger partial charge in [-0.05, 0) is 48.0 Å². The number of hydrogen-bond donors (Lipinski definition) is 0. The van der Waals surface area contributed by atoms with Gasteiger partial charge >= 0.3 is 6.18 Å². The van der Waals surface area contributed by atoms with Gasteiger partial charge < -0.3 is 0 Å². The second kappa shape index (κ2) is 6.51. The Morgan fingerprint density at radius 3 is 2.12 bits per heavy atom. The Labute approximate surface area is 140 Å². The maximum atomic E-state index is 13.0. The summed E-state index contributed by atoms with van der Waals surface area (Å²) in [6.07, 6.45) is -4.41. The summed E-state index contributed by atoms with van der Waals surface area (Å²) in [6.45, 7) is 0.0337. The molecular weight excluding hydrogens is 336 g/mol. The molecule has 0 saturated carbocycles. The van der Waals surface area contributed by atoms with Gasteiger partial charge in [0, 0.05) is 11.6 Å². The third-order valence-electron chi connectivity index (χ3n) is 3.62. The van der Waals surface area contributed by atoms with E-state index in [-0.39, 0.29) is 17.9 Å². The van der Waals surface area contributed by atoms with Crippen molar-refractivity contribution in [3.63, 3.8) is 0 Å². The molecule has 0 fully saturated rings. The van der Waals surface area contributed by atoms with Crippen molar-refractivity contribution < 1.29 is 17.6 Å². The van der Waals surface area contributed by atoms with E-state index in [4.69, 9.17) is 0 Å². The molecule has 3 aromatic rings. The van der Waals surface area contributed by atoms with E-state index < -0.39 is 11.7 Å². The molecule has 2 aromatic carbocycles. The van der Waals surface area contributed by atoms with Crippen molar-refractivity contribution in [3.8, 4) is 11.3 Å². The second-order valence-corrected chi connectivity index (χ2v) is 5.42. The van der Waals surface area contributed by atoms with E-state index in [9.17, 15) is 22.4 Å². The van der Waals surface area contributed by atoms with Gasteiger partial charge in [0.15, 0.2) is 0 Å². The standard InChI is InChI=1S/C18H12F4N2O/c19-15-7-3-13(4-8-15)16-9-10-17(25)24(23-16)11-12-1-5-14(6-2-12)18(20,21)22/h1-10H,11H2. The smallest absolute Gasteiger partial charge is 0.268 e. The minimum absolute atomic E-state index is 0.0337. The van der Waals surface area contributed by atoms with E-state index in [1.807, 2.05) is 0 Å². The maximum absolute atomic E-state index is 13.0. The zero-order chi connectivity index (χ0) is 18.0. The molecule has 25 heavy (non-hydrogen) atoms. The molecule has 0 aliphatic rings. The predicted octanol–water partition coefficient (Wildman–Crippen LogP) is 4.12. The number of aromatic nitrogens is 2. The Hall–Kier alpha value is -2.96. The van der Waals surface area contributed by atoms with E-state index in [0.29, 0.717) is 16.8 Å². The van der Waals surface area contributed by atoms with Gasteiger partial charge in [-0.2, -0.15) is 18.3 Å². The monoisotopic (exact) mass is 348 g/mol. The molecule has 0 unspecified atom stereocenters. The van der Waals surface area contributed by atoms with Gasteiger partial charge in [-0.15, -0.1) is 0 Å². The quantitative estimate of drug-likeness (QED) is 0.668. The van der Waals surface area contributed by atoms with Crippen molar-refractivity contribution in [3.05, 3.63) is 88.0 Å². The molecule has 0 aliphatic heterocycles. The summed E-state index contributed by atoms with van der Waals surface area (Å²) < 4.78 is 51.9. The van der Waals surface area contributed by atoms with Crippen molar-refractivity contribution >= 4 is 0 Å². The molecule has 1 aromatic heterocycles. The van der Waals surface area contributed by atoms with Crippen molar-refractivity contribution in [2.75, 3.05) is 0 Å². The zero-order valence-corrected chi connectivity index (χ0v) is 12.8. The molecule has 0 amide bonds. The summed E-state index contributed by atoms with van der Waals surface area (Å²) in [5.74, 6) is -0.387. The Balaban J connectivity index is 1.88. The van der Waals surface area contributed by atoms with Gasteiger partial charge in [0.1, 0.15) is 5.82 Å². The van der Waals surface area contributed by atoms with E-state index in [0.717, 1.165) is 16.8 Å². The molecule has 0 bridgehead atoms. The Morgan fingerprint density at radius 1 is 0.880 bits per heavy atom. The highest BCUT2D eigenvalue weighted by molar-refractivity contribution is 5.57. The van der Waals surface area contributed by atoms with E-state index in [2.05, 4.69) is 5.10 Å². The lowest BCUT2D eigenvalue weighted by Gasteiger charge is -2.09. The molecule has 0 N–H and O–H groups in total. The second-order valence-electron chi connectivity index (χ2n) is 5.42. The topological polar surface area (TPSA) is 34.9 Å². The third-order valence-corrected chi connectivity index (χ3v) is 3.62. The van der Waals surface area contributed by atoms with Gasteiger partial charge in [0.05, 0.1) is 17.8 Å². The zero-order valence-electron chi connectivity index (χ0n) is 12.8. The summed E-state index contributed by atoms with van der Waals surface area (Å²) in [4.78, 5) is 11.9. The number of halogens is 4. The average Bonchev–Trinajstić information content (AvgIpc) is 2.57. The normalized spacial score (nSPS) is 11.5. The fraction of sp³-hybridized carbons (Fsp3) is 0.111. The number of rotatable bonds is 3. The number of nitrogens with zero attached hydrogens (tertiary/aromatic N) is 2. The van der Waals surface area contributed by atoms with Crippen LogP contribution in [0.25, 0.3) is 11.3 Å². The first-order valence-corrected chi connectivity index (χ1v) is 7.33. The highest BCUT2D eigenvalue weighted by atomic mass is 19.4. The molecule has 1 heterocycles. The van der Waals surface area contributed by atoms with Gasteiger partial charge in [-0.1, -0.05) is 12.1 Å². The van der Waals surface area contributed by atoms with E-state index in [1.54, 1.807) is 0 Å². The maximum Gasteiger partial charge on any atom is 0.416 e. The first kappa shape index (κ1) is 16.9. The largest absolute Gasteiger partial charge is 0.416 e. The molecule has 3 nitrogen and oxygen atoms in total. The van der Waals surface area contributed by atoms with Gasteiger partial charge in [-0.3, -0.25) is 4.79 Å². The van der Waals surface area contributed by atoms with Crippen molar-refractivity contribution in [1.29, 1.82) is 0 Å². The number of alkyl halides is 3. The lowest BCUT2D eigenvalue weighted by molar-refractivity contribution is -0.137. The van der Waals surface area contributed by atoms with Crippen LogP contribution in [0.1, 0.15) is 11.1 Å². The molecular formula is C18H12F4N2O. The molecule has 128 valence electrons. The van der Waals surface area contributed by atoms with Crippen LogP contribution in [0.15, 0.2) is 65.5 Å². The Bertz CT molecular complexity index is 929. The number of hydrogen-bond acceptors (Lipinski definition) is 2. The minimum atomic E-state index is -4.41. The molecule has 0 radical (unpaired) electrons. The van der Waals surface area contributed by atoms with Crippen LogP contribution in [0.3, 0.4) is 0 Å². The van der Waals surface area contributed by atoms with Crippen LogP contribution >= 0.6 is 0 Å². The molecule has 0 saturated heterocycles. The predicted molar refractivity (Wildman–Crippen MR) is 84.4 cm³/mol. The van der Waals surface area contributed by atoms with Crippen LogP contribution < -0.4 is 5.56 Å². The van der Waals surface area contributed by atoms with Gasteiger partial charge in [-0.25, -0.2) is 9.07 Å². The Morgan fingerprint density at radius 2 is 1.52 bits per heavy atom. The average molecular weight is 348 g/mol. The summed E-state index contributed by atoms with van der Waals surface area (Å²) in [5, 5.41) is 4.20. The number of benzene rings is 2. The van der Waals surface area contributed by atoms with Crippen LogP contribution in [0, 0.1) is 5.82 Å². The summed E-state index contributed by atoms with van der Waals surface area (Å²) in [6, 6.07) is 13.0. The molecule has 3 rings (SSSR count). The van der Waals surface area contributed by atoms with E-state index in [1.165, 1.54) is 48.5 Å². The minimum Gasteiger partial charge on any atom is -0.268 e. The lowest BCUT2D eigenvalue weighted by Crippen LogP contribution is -2.22. The fourth-order valence-corrected chi connectivity index (χ4v) is 2.31. The summed E-state index contributed by atoms with van der Waals surface area (Å²) in [5.41, 5.74) is 0.468. The molecule has 0 aliphatic carbocycles. The van der Waals surface area contributed by atoms with Crippen LogP contribution in [0.4, 0.5) is 17.6 Å². The third kappa shape index (κ3) is 3.93. The van der Waals surface area contributed by atoms with Crippen LogP contribution in [0.2, 0.25) is 0 Å². The molecule has 7 heteroatoms. The highest BCUT2D eigenvalue weighted by Crippen LogP contribution is 2.29. The van der Waals surface area contributed by atoms with Crippen LogP contribution in [-0.4, -0.2) is 9.78 Å². The SMILES string of the molecule is O=c1ccc(-c2ccc(F)cc2)nn1Cc1ccc(C(F)(F)F)cc1. The summed E-state index contributed by atoms with van der Waals surface area (Å²) in [7, 11) is 0. The highest BCUT2D eigenvalue weighted by Gasteiger charge is 2.29. The summed E-state index contributed by atoms with van der Waals surface area (Å²) >= 11 is 0. The molecule has 0 atom stereocenters. The van der Waals surface area contributed by atoms with Crippen LogP contribution in [-0.2, 0) is 12.7 Å². The van der Waals surface area contributed by atoms with Crippen molar-refractivity contribution in [2.24, 2.45) is 0 Å².